The van der Waals surface area contributed by atoms with Gasteiger partial charge in [0.1, 0.15) is 5.75 Å². The van der Waals surface area contributed by atoms with Gasteiger partial charge in [0.25, 0.3) is 0 Å². The van der Waals surface area contributed by atoms with Gasteiger partial charge in [0.15, 0.2) is 0 Å². The van der Waals surface area contributed by atoms with E-state index >= 15 is 0 Å². The lowest BCUT2D eigenvalue weighted by Crippen LogP contribution is -1.85. The molecule has 0 saturated carbocycles. The maximum atomic E-state index is 10.9. The first-order valence-electron chi connectivity index (χ1n) is 5.77. The van der Waals surface area contributed by atoms with Crippen molar-refractivity contribution in [2.45, 2.75) is 6.16 Å². The highest BCUT2D eigenvalue weighted by atomic mass is 31.2. The van der Waals surface area contributed by atoms with Gasteiger partial charge in [0.2, 0.25) is 0 Å². The average Bonchev–Trinajstić information content (AvgIpc) is 2.38. The van der Waals surface area contributed by atoms with Gasteiger partial charge < -0.3 is 14.9 Å². The second kappa shape index (κ2) is 5.96. The molecule has 0 heterocycles. The molecule has 0 aliphatic heterocycles. The summed E-state index contributed by atoms with van der Waals surface area (Å²) >= 11 is 0. The van der Waals surface area contributed by atoms with Crippen molar-refractivity contribution in [1.29, 1.82) is 0 Å². The number of benzene rings is 2. The van der Waals surface area contributed by atoms with Gasteiger partial charge in [0.05, 0.1) is 17.5 Å². The van der Waals surface area contributed by atoms with Crippen LogP contribution in [-0.4, -0.2) is 14.9 Å². The molecule has 0 aromatic heterocycles. The third-order valence-corrected chi connectivity index (χ3v) is 3.23. The molecule has 0 fully saturated rings. The Labute approximate surface area is 115 Å². The third-order valence-electron chi connectivity index (χ3n) is 2.46. The molecular formula is C13H13N2O4P. The van der Waals surface area contributed by atoms with Gasteiger partial charge in [-0.3, -0.25) is 4.57 Å². The molecule has 0 radical (unpaired) electrons. The first-order chi connectivity index (χ1) is 9.42. The molecular weight excluding hydrogens is 279 g/mol. The normalized spacial score (nSPS) is 11.9. The lowest BCUT2D eigenvalue weighted by molar-refractivity contribution is 0.371. The van der Waals surface area contributed by atoms with Crippen molar-refractivity contribution in [3.8, 4) is 5.75 Å². The molecule has 0 spiro atoms. The number of aromatic hydroxyl groups is 1. The van der Waals surface area contributed by atoms with Crippen molar-refractivity contribution in [2.24, 2.45) is 10.2 Å². The quantitative estimate of drug-likeness (QED) is 0.592. The number of phenols is 1. The zero-order valence-electron chi connectivity index (χ0n) is 10.4. The highest BCUT2D eigenvalue weighted by Gasteiger charge is 2.13. The number of rotatable bonds is 4. The third kappa shape index (κ3) is 4.59. The van der Waals surface area contributed by atoms with Crippen molar-refractivity contribution >= 4 is 19.0 Å². The van der Waals surface area contributed by atoms with E-state index in [1.807, 2.05) is 0 Å². The maximum Gasteiger partial charge on any atom is 0.329 e. The van der Waals surface area contributed by atoms with E-state index in [1.165, 1.54) is 12.1 Å². The molecule has 6 nitrogen and oxygen atoms in total. The zero-order valence-corrected chi connectivity index (χ0v) is 11.3. The Morgan fingerprint density at radius 3 is 1.75 bits per heavy atom. The fourth-order valence-electron chi connectivity index (χ4n) is 1.54. The second-order valence-electron chi connectivity index (χ2n) is 4.21. The number of phenolic OH excluding ortho intramolecular Hbond substituents is 1. The number of azo groups is 1. The summed E-state index contributed by atoms with van der Waals surface area (Å²) in [6.07, 6.45) is -0.289. The molecule has 3 N–H and O–H groups in total. The van der Waals surface area contributed by atoms with E-state index in [4.69, 9.17) is 14.9 Å². The highest BCUT2D eigenvalue weighted by Crippen LogP contribution is 2.39. The van der Waals surface area contributed by atoms with Gasteiger partial charge in [-0.25, -0.2) is 0 Å². The molecule has 0 aliphatic rings. The molecule has 104 valence electrons. The van der Waals surface area contributed by atoms with E-state index in [9.17, 15) is 4.57 Å². The van der Waals surface area contributed by atoms with Crippen LogP contribution in [0.1, 0.15) is 5.56 Å². The molecule has 7 heteroatoms. The SMILES string of the molecule is O=P(O)(O)Cc1ccc(N=Nc2ccc(O)cc2)cc1. The fourth-order valence-corrected chi connectivity index (χ4v) is 2.23. The lowest BCUT2D eigenvalue weighted by atomic mass is 10.2. The van der Waals surface area contributed by atoms with Crippen LogP contribution in [0.5, 0.6) is 5.75 Å². The van der Waals surface area contributed by atoms with Crippen LogP contribution in [0.25, 0.3) is 0 Å². The molecule has 20 heavy (non-hydrogen) atoms. The summed E-state index contributed by atoms with van der Waals surface area (Å²) in [7, 11) is -4.05. The standard InChI is InChI=1S/C13H13N2O4P/c16-13-7-5-12(6-8-13)15-14-11-3-1-10(2-4-11)9-20(17,18)19/h1-8,16H,9H2,(H2,17,18,19). The largest absolute Gasteiger partial charge is 0.508 e. The van der Waals surface area contributed by atoms with Gasteiger partial charge in [-0.1, -0.05) is 12.1 Å². The van der Waals surface area contributed by atoms with Crippen molar-refractivity contribution < 1.29 is 19.5 Å². The van der Waals surface area contributed by atoms with Crippen LogP contribution in [-0.2, 0) is 10.7 Å². The van der Waals surface area contributed by atoms with Gasteiger partial charge in [-0.2, -0.15) is 10.2 Å². The summed E-state index contributed by atoms with van der Waals surface area (Å²) in [4.78, 5) is 17.7. The molecule has 0 saturated heterocycles. The Morgan fingerprint density at radius 2 is 1.30 bits per heavy atom. The average molecular weight is 292 g/mol. The van der Waals surface area contributed by atoms with Gasteiger partial charge in [-0.05, 0) is 42.0 Å². The maximum absolute atomic E-state index is 10.9. The summed E-state index contributed by atoms with van der Waals surface area (Å²) in [6, 6.07) is 12.7. The first-order valence-corrected chi connectivity index (χ1v) is 7.56. The summed E-state index contributed by atoms with van der Waals surface area (Å²) in [5.41, 5.74) is 1.72. The van der Waals surface area contributed by atoms with E-state index in [0.717, 1.165) is 0 Å². The Morgan fingerprint density at radius 1 is 0.850 bits per heavy atom. The second-order valence-corrected chi connectivity index (χ2v) is 5.85. The number of nitrogens with zero attached hydrogens (tertiary/aromatic N) is 2. The summed E-state index contributed by atoms with van der Waals surface area (Å²) in [6.45, 7) is 0. The Bertz CT molecular complexity index is 647. The molecule has 0 amide bonds. The molecule has 0 atom stereocenters. The van der Waals surface area contributed by atoms with Crippen LogP contribution in [0.2, 0.25) is 0 Å². The minimum absolute atomic E-state index is 0.158. The molecule has 0 aliphatic carbocycles. The van der Waals surface area contributed by atoms with E-state index in [0.29, 0.717) is 16.9 Å². The van der Waals surface area contributed by atoms with Crippen LogP contribution in [0.4, 0.5) is 11.4 Å². The van der Waals surface area contributed by atoms with E-state index in [2.05, 4.69) is 10.2 Å². The monoisotopic (exact) mass is 292 g/mol. The Kier molecular flexibility index (Phi) is 4.29. The zero-order chi connectivity index (χ0) is 14.6. The minimum atomic E-state index is -4.05. The fraction of sp³-hybridized carbons (Fsp3) is 0.0769. The number of hydrogen-bond donors (Lipinski definition) is 3. The van der Waals surface area contributed by atoms with Crippen molar-refractivity contribution in [2.75, 3.05) is 0 Å². The highest BCUT2D eigenvalue weighted by molar-refractivity contribution is 7.50. The molecule has 0 bridgehead atoms. The van der Waals surface area contributed by atoms with Crippen LogP contribution in [0.15, 0.2) is 58.8 Å². The van der Waals surface area contributed by atoms with Gasteiger partial charge >= 0.3 is 7.60 Å². The Balaban J connectivity index is 2.07. The first kappa shape index (κ1) is 14.4. The number of hydrogen-bond acceptors (Lipinski definition) is 4. The predicted octanol–water partition coefficient (Wildman–Crippen LogP) is 3.49. The topological polar surface area (TPSA) is 102 Å². The molecule has 2 aromatic rings. The minimum Gasteiger partial charge on any atom is -0.508 e. The lowest BCUT2D eigenvalue weighted by Gasteiger charge is -2.03. The molecule has 2 aromatic carbocycles. The van der Waals surface area contributed by atoms with Crippen LogP contribution >= 0.6 is 7.60 Å². The predicted molar refractivity (Wildman–Crippen MR) is 74.5 cm³/mol. The van der Waals surface area contributed by atoms with E-state index < -0.39 is 7.60 Å². The van der Waals surface area contributed by atoms with Crippen LogP contribution in [0, 0.1) is 0 Å². The van der Waals surface area contributed by atoms with Crippen molar-refractivity contribution in [3.63, 3.8) is 0 Å². The summed E-state index contributed by atoms with van der Waals surface area (Å²) in [5, 5.41) is 17.1. The molecule has 0 unspecified atom stereocenters. The summed E-state index contributed by atoms with van der Waals surface area (Å²) in [5.74, 6) is 0.158. The summed E-state index contributed by atoms with van der Waals surface area (Å²) < 4.78 is 10.9. The van der Waals surface area contributed by atoms with Gasteiger partial charge in [-0.15, -0.1) is 0 Å². The molecule has 2 rings (SSSR count). The van der Waals surface area contributed by atoms with Crippen LogP contribution in [0.3, 0.4) is 0 Å². The van der Waals surface area contributed by atoms with Crippen molar-refractivity contribution in [1.82, 2.24) is 0 Å². The van der Waals surface area contributed by atoms with Crippen molar-refractivity contribution in [3.05, 3.63) is 54.1 Å². The van der Waals surface area contributed by atoms with E-state index in [1.54, 1.807) is 36.4 Å². The van der Waals surface area contributed by atoms with Crippen LogP contribution < -0.4 is 0 Å². The smallest absolute Gasteiger partial charge is 0.329 e. The van der Waals surface area contributed by atoms with E-state index in [-0.39, 0.29) is 11.9 Å². The van der Waals surface area contributed by atoms with Gasteiger partial charge in [0, 0.05) is 0 Å². The Hall–Kier alpha value is -2.01.